The second-order valence-corrected chi connectivity index (χ2v) is 3.77. The predicted molar refractivity (Wildman–Crippen MR) is 54.5 cm³/mol. The van der Waals surface area contributed by atoms with E-state index in [0.717, 1.165) is 18.4 Å². The van der Waals surface area contributed by atoms with Crippen molar-refractivity contribution >= 4 is 5.57 Å². The number of aryl methyl sites for hydroxylation is 1. The van der Waals surface area contributed by atoms with Crippen LogP contribution >= 0.6 is 0 Å². The SMILES string of the molecule is C=C1CC(O)Cc2cccc(C)c21. The van der Waals surface area contributed by atoms with E-state index in [9.17, 15) is 5.11 Å². The largest absolute Gasteiger partial charge is 0.392 e. The summed E-state index contributed by atoms with van der Waals surface area (Å²) in [4.78, 5) is 0. The Hall–Kier alpha value is -1.08. The van der Waals surface area contributed by atoms with Crippen molar-refractivity contribution in [1.29, 1.82) is 0 Å². The zero-order valence-corrected chi connectivity index (χ0v) is 7.88. The maximum atomic E-state index is 9.56. The van der Waals surface area contributed by atoms with Gasteiger partial charge in [0.1, 0.15) is 0 Å². The topological polar surface area (TPSA) is 20.2 Å². The molecule has 68 valence electrons. The Bertz CT molecular complexity index is 352. The van der Waals surface area contributed by atoms with Crippen LogP contribution in [-0.4, -0.2) is 11.2 Å². The first-order chi connectivity index (χ1) is 6.18. The average molecular weight is 174 g/mol. The third kappa shape index (κ3) is 1.40. The summed E-state index contributed by atoms with van der Waals surface area (Å²) >= 11 is 0. The van der Waals surface area contributed by atoms with Crippen molar-refractivity contribution in [2.45, 2.75) is 25.9 Å². The zero-order chi connectivity index (χ0) is 9.42. The Balaban J connectivity index is 2.55. The normalized spacial score (nSPS) is 21.4. The highest BCUT2D eigenvalue weighted by Gasteiger charge is 2.20. The highest BCUT2D eigenvalue weighted by atomic mass is 16.3. The first-order valence-electron chi connectivity index (χ1n) is 4.63. The van der Waals surface area contributed by atoms with Gasteiger partial charge >= 0.3 is 0 Å². The van der Waals surface area contributed by atoms with Crippen LogP contribution in [0.2, 0.25) is 0 Å². The molecule has 2 rings (SSSR count). The van der Waals surface area contributed by atoms with E-state index in [-0.39, 0.29) is 6.10 Å². The van der Waals surface area contributed by atoms with Crippen LogP contribution < -0.4 is 0 Å². The molecule has 0 fully saturated rings. The van der Waals surface area contributed by atoms with E-state index in [1.165, 1.54) is 16.7 Å². The van der Waals surface area contributed by atoms with Gasteiger partial charge in [-0.1, -0.05) is 24.8 Å². The number of benzene rings is 1. The number of aliphatic hydroxyl groups is 1. The smallest absolute Gasteiger partial charge is 0.0621 e. The molecule has 1 aliphatic rings. The molecule has 0 amide bonds. The van der Waals surface area contributed by atoms with Crippen molar-refractivity contribution in [3.63, 3.8) is 0 Å². The molecule has 1 aromatic rings. The average Bonchev–Trinajstić information content (AvgIpc) is 2.02. The second kappa shape index (κ2) is 3.00. The molecule has 0 spiro atoms. The minimum Gasteiger partial charge on any atom is -0.392 e. The van der Waals surface area contributed by atoms with Crippen molar-refractivity contribution in [2.75, 3.05) is 0 Å². The Kier molecular flexibility index (Phi) is 1.97. The highest BCUT2D eigenvalue weighted by molar-refractivity contribution is 5.71. The first-order valence-corrected chi connectivity index (χ1v) is 4.63. The molecule has 1 nitrogen and oxygen atoms in total. The van der Waals surface area contributed by atoms with Gasteiger partial charge in [-0.3, -0.25) is 0 Å². The van der Waals surface area contributed by atoms with E-state index in [0.29, 0.717) is 0 Å². The van der Waals surface area contributed by atoms with E-state index in [2.05, 4.69) is 25.6 Å². The number of aliphatic hydroxyl groups excluding tert-OH is 1. The quantitative estimate of drug-likeness (QED) is 0.640. The highest BCUT2D eigenvalue weighted by Crippen LogP contribution is 2.31. The lowest BCUT2D eigenvalue weighted by Crippen LogP contribution is -2.18. The van der Waals surface area contributed by atoms with Crippen molar-refractivity contribution in [2.24, 2.45) is 0 Å². The Morgan fingerprint density at radius 1 is 1.38 bits per heavy atom. The standard InChI is InChI=1S/C12H14O/c1-8-4-3-5-10-7-11(13)6-9(2)12(8)10/h3-5,11,13H,2,6-7H2,1H3. The fourth-order valence-corrected chi connectivity index (χ4v) is 2.12. The predicted octanol–water partition coefficient (Wildman–Crippen LogP) is 2.32. The molecule has 1 N–H and O–H groups in total. The molecule has 0 bridgehead atoms. The van der Waals surface area contributed by atoms with E-state index in [4.69, 9.17) is 0 Å². The summed E-state index contributed by atoms with van der Waals surface area (Å²) in [5, 5.41) is 9.56. The second-order valence-electron chi connectivity index (χ2n) is 3.77. The van der Waals surface area contributed by atoms with E-state index >= 15 is 0 Å². The molecular weight excluding hydrogens is 160 g/mol. The summed E-state index contributed by atoms with van der Waals surface area (Å²) in [6.45, 7) is 6.11. The lowest BCUT2D eigenvalue weighted by Gasteiger charge is -2.24. The lowest BCUT2D eigenvalue weighted by molar-refractivity contribution is 0.177. The summed E-state index contributed by atoms with van der Waals surface area (Å²) in [5.41, 5.74) is 4.86. The fraction of sp³-hybridized carbons (Fsp3) is 0.333. The number of rotatable bonds is 0. The van der Waals surface area contributed by atoms with Crippen molar-refractivity contribution < 1.29 is 5.11 Å². The van der Waals surface area contributed by atoms with Gasteiger partial charge in [0, 0.05) is 0 Å². The van der Waals surface area contributed by atoms with Crippen LogP contribution in [-0.2, 0) is 6.42 Å². The molecule has 0 aromatic heterocycles. The van der Waals surface area contributed by atoms with Crippen LogP contribution in [0.4, 0.5) is 0 Å². The minimum atomic E-state index is -0.234. The van der Waals surface area contributed by atoms with Crippen LogP contribution in [0.1, 0.15) is 23.1 Å². The van der Waals surface area contributed by atoms with Gasteiger partial charge in [-0.15, -0.1) is 0 Å². The molecule has 0 heterocycles. The van der Waals surface area contributed by atoms with Crippen LogP contribution in [0.25, 0.3) is 5.57 Å². The van der Waals surface area contributed by atoms with Gasteiger partial charge in [0.25, 0.3) is 0 Å². The third-order valence-electron chi connectivity index (χ3n) is 2.65. The molecule has 0 aliphatic heterocycles. The minimum absolute atomic E-state index is 0.234. The molecule has 1 aromatic carbocycles. The number of hydrogen-bond acceptors (Lipinski definition) is 1. The third-order valence-corrected chi connectivity index (χ3v) is 2.65. The first kappa shape index (κ1) is 8.52. The van der Waals surface area contributed by atoms with E-state index < -0.39 is 0 Å². The molecule has 1 unspecified atom stereocenters. The summed E-state index contributed by atoms with van der Waals surface area (Å²) < 4.78 is 0. The van der Waals surface area contributed by atoms with Crippen LogP contribution in [0.5, 0.6) is 0 Å². The maximum absolute atomic E-state index is 9.56. The molecule has 0 saturated carbocycles. The summed E-state index contributed by atoms with van der Waals surface area (Å²) in [5.74, 6) is 0. The van der Waals surface area contributed by atoms with Gasteiger partial charge in [0.05, 0.1) is 6.10 Å². The summed E-state index contributed by atoms with van der Waals surface area (Å²) in [6, 6.07) is 6.22. The number of fused-ring (bicyclic) bond motifs is 1. The van der Waals surface area contributed by atoms with Gasteiger partial charge in [0.2, 0.25) is 0 Å². The van der Waals surface area contributed by atoms with Gasteiger partial charge in [-0.2, -0.15) is 0 Å². The molecule has 1 heteroatoms. The Morgan fingerprint density at radius 3 is 2.92 bits per heavy atom. The van der Waals surface area contributed by atoms with Gasteiger partial charge in [-0.25, -0.2) is 0 Å². The van der Waals surface area contributed by atoms with Crippen molar-refractivity contribution in [3.8, 4) is 0 Å². The Morgan fingerprint density at radius 2 is 2.15 bits per heavy atom. The Labute approximate surface area is 78.7 Å². The van der Waals surface area contributed by atoms with Crippen LogP contribution in [0.3, 0.4) is 0 Å². The molecule has 0 saturated heterocycles. The van der Waals surface area contributed by atoms with Gasteiger partial charge < -0.3 is 5.11 Å². The monoisotopic (exact) mass is 174 g/mol. The zero-order valence-electron chi connectivity index (χ0n) is 7.88. The van der Waals surface area contributed by atoms with E-state index in [1.54, 1.807) is 0 Å². The molecule has 13 heavy (non-hydrogen) atoms. The van der Waals surface area contributed by atoms with Crippen molar-refractivity contribution in [1.82, 2.24) is 0 Å². The molecule has 1 atom stereocenters. The van der Waals surface area contributed by atoms with Crippen LogP contribution in [0, 0.1) is 6.92 Å². The molecule has 0 radical (unpaired) electrons. The molecule has 1 aliphatic carbocycles. The van der Waals surface area contributed by atoms with Crippen molar-refractivity contribution in [3.05, 3.63) is 41.5 Å². The van der Waals surface area contributed by atoms with E-state index in [1.807, 2.05) is 6.07 Å². The van der Waals surface area contributed by atoms with Gasteiger partial charge in [0.15, 0.2) is 0 Å². The maximum Gasteiger partial charge on any atom is 0.0621 e. The molecular formula is C12H14O. The summed E-state index contributed by atoms with van der Waals surface area (Å²) in [7, 11) is 0. The number of hydrogen-bond donors (Lipinski definition) is 1. The van der Waals surface area contributed by atoms with Gasteiger partial charge in [-0.05, 0) is 42.0 Å². The fourth-order valence-electron chi connectivity index (χ4n) is 2.12. The van der Waals surface area contributed by atoms with Crippen LogP contribution in [0.15, 0.2) is 24.8 Å². The lowest BCUT2D eigenvalue weighted by atomic mass is 9.84. The summed E-state index contributed by atoms with van der Waals surface area (Å²) in [6.07, 6.45) is 1.26.